The standard InChI is InChI=1S/C11H12ClN3/c12-11-8-6-7(9-2-1-5-13-9)3-4-10(8)14-15-11/h3-4,6,9,13H,1-2,5H2,(H,14,15). The minimum atomic E-state index is 0.486. The lowest BCUT2D eigenvalue weighted by molar-refractivity contribution is 0.648. The Labute approximate surface area is 92.8 Å². The van der Waals surface area contributed by atoms with Crippen LogP contribution in [-0.4, -0.2) is 16.7 Å². The molecule has 1 aromatic heterocycles. The second-order valence-corrected chi connectivity index (χ2v) is 4.34. The third-order valence-electron chi connectivity index (χ3n) is 2.99. The highest BCUT2D eigenvalue weighted by molar-refractivity contribution is 6.34. The van der Waals surface area contributed by atoms with E-state index in [-0.39, 0.29) is 0 Å². The molecule has 2 heterocycles. The molecule has 1 unspecified atom stereocenters. The molecule has 0 spiro atoms. The number of aromatic amines is 1. The first-order valence-corrected chi connectivity index (χ1v) is 5.59. The van der Waals surface area contributed by atoms with E-state index in [1.54, 1.807) is 0 Å². The molecule has 4 heteroatoms. The summed E-state index contributed by atoms with van der Waals surface area (Å²) in [7, 11) is 0. The van der Waals surface area contributed by atoms with Gasteiger partial charge in [-0.3, -0.25) is 5.10 Å². The van der Waals surface area contributed by atoms with Crippen LogP contribution in [0.2, 0.25) is 5.15 Å². The van der Waals surface area contributed by atoms with Gasteiger partial charge in [0.05, 0.1) is 5.52 Å². The minimum absolute atomic E-state index is 0.486. The molecule has 1 aliphatic heterocycles. The van der Waals surface area contributed by atoms with Crippen molar-refractivity contribution >= 4 is 22.5 Å². The summed E-state index contributed by atoms with van der Waals surface area (Å²) in [6.45, 7) is 1.11. The molecule has 3 rings (SSSR count). The first kappa shape index (κ1) is 9.19. The molecule has 1 atom stereocenters. The first-order valence-electron chi connectivity index (χ1n) is 5.21. The van der Waals surface area contributed by atoms with E-state index in [1.165, 1.54) is 18.4 Å². The maximum Gasteiger partial charge on any atom is 0.132 e. The average molecular weight is 222 g/mol. The van der Waals surface area contributed by atoms with Crippen LogP contribution < -0.4 is 5.32 Å². The SMILES string of the molecule is Clc1[nH]nc2ccc(C3CCCN3)cc12. The van der Waals surface area contributed by atoms with E-state index in [0.717, 1.165) is 17.4 Å². The monoisotopic (exact) mass is 221 g/mol. The smallest absolute Gasteiger partial charge is 0.132 e. The number of hydrogen-bond acceptors (Lipinski definition) is 2. The fourth-order valence-electron chi connectivity index (χ4n) is 2.18. The Hall–Kier alpha value is -1.06. The van der Waals surface area contributed by atoms with Gasteiger partial charge in [0.15, 0.2) is 0 Å². The Bertz CT molecular complexity index is 486. The van der Waals surface area contributed by atoms with E-state index in [1.807, 2.05) is 6.07 Å². The van der Waals surface area contributed by atoms with E-state index >= 15 is 0 Å². The Morgan fingerprint density at radius 1 is 1.40 bits per heavy atom. The number of benzene rings is 1. The second-order valence-electron chi connectivity index (χ2n) is 3.96. The van der Waals surface area contributed by atoms with Gasteiger partial charge in [-0.1, -0.05) is 17.7 Å². The quantitative estimate of drug-likeness (QED) is 0.777. The number of hydrogen-bond donors (Lipinski definition) is 2. The minimum Gasteiger partial charge on any atom is -0.310 e. The van der Waals surface area contributed by atoms with Gasteiger partial charge in [0.2, 0.25) is 0 Å². The van der Waals surface area contributed by atoms with Crippen LogP contribution in [0.1, 0.15) is 24.4 Å². The van der Waals surface area contributed by atoms with Gasteiger partial charge >= 0.3 is 0 Å². The molecule has 2 N–H and O–H groups in total. The summed E-state index contributed by atoms with van der Waals surface area (Å²) in [5.41, 5.74) is 2.24. The summed E-state index contributed by atoms with van der Waals surface area (Å²) in [5.74, 6) is 0. The van der Waals surface area contributed by atoms with Crippen molar-refractivity contribution in [1.29, 1.82) is 0 Å². The summed E-state index contributed by atoms with van der Waals surface area (Å²) >= 11 is 6.01. The van der Waals surface area contributed by atoms with Gasteiger partial charge in [-0.15, -0.1) is 0 Å². The number of aromatic nitrogens is 2. The topological polar surface area (TPSA) is 40.7 Å². The van der Waals surface area contributed by atoms with Crippen molar-refractivity contribution in [2.75, 3.05) is 6.54 Å². The zero-order chi connectivity index (χ0) is 10.3. The average Bonchev–Trinajstić information content (AvgIpc) is 2.88. The molecule has 1 aliphatic rings. The van der Waals surface area contributed by atoms with Crippen LogP contribution in [0.5, 0.6) is 0 Å². The number of H-pyrrole nitrogens is 1. The third kappa shape index (κ3) is 1.52. The van der Waals surface area contributed by atoms with Crippen molar-refractivity contribution in [2.24, 2.45) is 0 Å². The van der Waals surface area contributed by atoms with Crippen LogP contribution >= 0.6 is 11.6 Å². The highest BCUT2D eigenvalue weighted by atomic mass is 35.5. The molecular formula is C11H12ClN3. The molecule has 15 heavy (non-hydrogen) atoms. The molecule has 0 bridgehead atoms. The summed E-state index contributed by atoms with van der Waals surface area (Å²) < 4.78 is 0. The van der Waals surface area contributed by atoms with Crippen molar-refractivity contribution in [1.82, 2.24) is 15.5 Å². The molecule has 0 amide bonds. The van der Waals surface area contributed by atoms with Gasteiger partial charge in [-0.2, -0.15) is 5.10 Å². The fraction of sp³-hybridized carbons (Fsp3) is 0.364. The number of halogens is 1. The molecule has 78 valence electrons. The van der Waals surface area contributed by atoms with E-state index < -0.39 is 0 Å². The van der Waals surface area contributed by atoms with Gasteiger partial charge in [0.1, 0.15) is 5.15 Å². The molecule has 1 fully saturated rings. The molecule has 2 aromatic rings. The van der Waals surface area contributed by atoms with Crippen LogP contribution in [0.15, 0.2) is 18.2 Å². The maximum absolute atomic E-state index is 6.01. The van der Waals surface area contributed by atoms with E-state index in [0.29, 0.717) is 11.2 Å². The van der Waals surface area contributed by atoms with Crippen molar-refractivity contribution in [3.8, 4) is 0 Å². The van der Waals surface area contributed by atoms with E-state index in [4.69, 9.17) is 11.6 Å². The Morgan fingerprint density at radius 3 is 3.13 bits per heavy atom. The van der Waals surface area contributed by atoms with Gasteiger partial charge in [0, 0.05) is 11.4 Å². The Kier molecular flexibility index (Phi) is 2.15. The summed E-state index contributed by atoms with van der Waals surface area (Å²) in [6.07, 6.45) is 2.46. The zero-order valence-electron chi connectivity index (χ0n) is 8.26. The van der Waals surface area contributed by atoms with Crippen LogP contribution in [-0.2, 0) is 0 Å². The lowest BCUT2D eigenvalue weighted by Gasteiger charge is -2.09. The summed E-state index contributed by atoms with van der Waals surface area (Å²) in [6, 6.07) is 6.76. The second kappa shape index (κ2) is 3.51. The van der Waals surface area contributed by atoms with Crippen LogP contribution in [0.3, 0.4) is 0 Å². The normalized spacial score (nSPS) is 21.3. The molecule has 0 saturated carbocycles. The van der Waals surface area contributed by atoms with Gasteiger partial charge < -0.3 is 5.32 Å². The summed E-state index contributed by atoms with van der Waals surface area (Å²) in [5, 5.41) is 12.0. The molecule has 0 radical (unpaired) electrons. The van der Waals surface area contributed by atoms with Gasteiger partial charge in [-0.05, 0) is 37.1 Å². The predicted octanol–water partition coefficient (Wildman–Crippen LogP) is 2.64. The first-order chi connectivity index (χ1) is 7.34. The highest BCUT2D eigenvalue weighted by Crippen LogP contribution is 2.28. The number of nitrogens with zero attached hydrogens (tertiary/aromatic N) is 1. The summed E-state index contributed by atoms with van der Waals surface area (Å²) in [4.78, 5) is 0. The predicted molar refractivity (Wildman–Crippen MR) is 61.1 cm³/mol. The highest BCUT2D eigenvalue weighted by Gasteiger charge is 2.16. The van der Waals surface area contributed by atoms with Gasteiger partial charge in [-0.25, -0.2) is 0 Å². The lowest BCUT2D eigenvalue weighted by atomic mass is 10.0. The van der Waals surface area contributed by atoms with E-state index in [2.05, 4.69) is 27.6 Å². The van der Waals surface area contributed by atoms with Crippen molar-refractivity contribution < 1.29 is 0 Å². The van der Waals surface area contributed by atoms with Gasteiger partial charge in [0.25, 0.3) is 0 Å². The van der Waals surface area contributed by atoms with E-state index in [9.17, 15) is 0 Å². The van der Waals surface area contributed by atoms with Crippen molar-refractivity contribution in [3.05, 3.63) is 28.9 Å². The third-order valence-corrected chi connectivity index (χ3v) is 3.28. The van der Waals surface area contributed by atoms with Crippen molar-refractivity contribution in [2.45, 2.75) is 18.9 Å². The molecule has 1 saturated heterocycles. The molecular weight excluding hydrogens is 210 g/mol. The number of nitrogens with one attached hydrogen (secondary N) is 2. The molecule has 3 nitrogen and oxygen atoms in total. The van der Waals surface area contributed by atoms with Crippen LogP contribution in [0.4, 0.5) is 0 Å². The fourth-order valence-corrected chi connectivity index (χ4v) is 2.38. The largest absolute Gasteiger partial charge is 0.310 e. The Balaban J connectivity index is 2.08. The van der Waals surface area contributed by atoms with Crippen molar-refractivity contribution in [3.63, 3.8) is 0 Å². The Morgan fingerprint density at radius 2 is 2.33 bits per heavy atom. The molecule has 1 aromatic carbocycles. The maximum atomic E-state index is 6.01. The molecule has 0 aliphatic carbocycles. The number of rotatable bonds is 1. The lowest BCUT2D eigenvalue weighted by Crippen LogP contribution is -2.12. The zero-order valence-corrected chi connectivity index (χ0v) is 9.01. The van der Waals surface area contributed by atoms with Crippen LogP contribution in [0.25, 0.3) is 10.9 Å². The number of fused-ring (bicyclic) bond motifs is 1. The van der Waals surface area contributed by atoms with Crippen LogP contribution in [0, 0.1) is 0 Å².